The summed E-state index contributed by atoms with van der Waals surface area (Å²) in [5.74, 6) is 0.727. The summed E-state index contributed by atoms with van der Waals surface area (Å²) in [6, 6.07) is 5.64. The first-order chi connectivity index (χ1) is 14.6. The van der Waals surface area contributed by atoms with Crippen LogP contribution in [0.5, 0.6) is 0 Å². The maximum atomic E-state index is 12.4. The summed E-state index contributed by atoms with van der Waals surface area (Å²) < 4.78 is 11.1. The second-order valence-electron chi connectivity index (χ2n) is 6.93. The van der Waals surface area contributed by atoms with E-state index in [4.69, 9.17) is 14.7 Å². The van der Waals surface area contributed by atoms with Crippen LogP contribution in [0.1, 0.15) is 12.0 Å². The van der Waals surface area contributed by atoms with Crippen LogP contribution in [0, 0.1) is 11.3 Å². The fourth-order valence-electron chi connectivity index (χ4n) is 3.23. The molecule has 1 aromatic heterocycles. The zero-order valence-corrected chi connectivity index (χ0v) is 18.1. The van der Waals surface area contributed by atoms with E-state index < -0.39 is 4.83 Å². The lowest BCUT2D eigenvalue weighted by Crippen LogP contribution is -2.57. The van der Waals surface area contributed by atoms with Gasteiger partial charge in [-0.05, 0) is 12.1 Å². The zero-order chi connectivity index (χ0) is 21.3. The Bertz CT molecular complexity index is 763. The third-order valence-corrected chi connectivity index (χ3v) is 5.95. The predicted octanol–water partition coefficient (Wildman–Crippen LogP) is -0.208. The van der Waals surface area contributed by atoms with Gasteiger partial charge in [0.15, 0.2) is 0 Å². The number of anilines is 1. The van der Waals surface area contributed by atoms with Gasteiger partial charge in [0.2, 0.25) is 5.91 Å². The Labute approximate surface area is 183 Å². The molecule has 162 valence electrons. The lowest BCUT2D eigenvalue weighted by atomic mass is 10.2. The quantitative estimate of drug-likeness (QED) is 0.387. The van der Waals surface area contributed by atoms with Crippen molar-refractivity contribution in [2.75, 3.05) is 57.4 Å². The van der Waals surface area contributed by atoms with Gasteiger partial charge < -0.3 is 19.3 Å². The average Bonchev–Trinajstić information content (AvgIpc) is 2.79. The van der Waals surface area contributed by atoms with Crippen molar-refractivity contribution in [1.29, 1.82) is 5.26 Å². The molecular weight excluding hydrogens is 456 g/mol. The molecule has 3 heterocycles. The molecule has 2 aliphatic rings. The van der Waals surface area contributed by atoms with Crippen molar-refractivity contribution in [2.24, 2.45) is 0 Å². The molecule has 2 amide bonds. The van der Waals surface area contributed by atoms with Crippen LogP contribution in [0.15, 0.2) is 18.3 Å². The van der Waals surface area contributed by atoms with Crippen molar-refractivity contribution in [1.82, 2.24) is 20.7 Å². The number of rotatable bonds is 8. The minimum absolute atomic E-state index is 0.0667. The number of hydrogen-bond donors (Lipinski definition) is 2. The van der Waals surface area contributed by atoms with E-state index in [1.807, 2.05) is 11.0 Å². The largest absolute Gasteiger partial charge is 0.379 e. The Morgan fingerprint density at radius 3 is 2.77 bits per heavy atom. The molecule has 2 aliphatic heterocycles. The summed E-state index contributed by atoms with van der Waals surface area (Å²) in [7, 11) is 0. The van der Waals surface area contributed by atoms with Crippen molar-refractivity contribution in [2.45, 2.75) is 17.4 Å². The van der Waals surface area contributed by atoms with Crippen molar-refractivity contribution < 1.29 is 19.1 Å². The second kappa shape index (κ2) is 11.2. The van der Waals surface area contributed by atoms with Gasteiger partial charge in [0.25, 0.3) is 5.91 Å². The summed E-state index contributed by atoms with van der Waals surface area (Å²) in [4.78, 5) is 31.7. The molecule has 2 atom stereocenters. The highest BCUT2D eigenvalue weighted by atomic mass is 79.9. The number of nitriles is 1. The Morgan fingerprint density at radius 1 is 1.27 bits per heavy atom. The fraction of sp³-hybridized carbons (Fsp3) is 0.579. The van der Waals surface area contributed by atoms with E-state index in [-0.39, 0.29) is 17.9 Å². The minimum Gasteiger partial charge on any atom is -0.379 e. The molecule has 0 bridgehead atoms. The van der Waals surface area contributed by atoms with E-state index in [1.54, 1.807) is 12.3 Å². The molecule has 2 N–H and O–H groups in total. The van der Waals surface area contributed by atoms with Gasteiger partial charge in [0.05, 0.1) is 37.9 Å². The van der Waals surface area contributed by atoms with Gasteiger partial charge in [-0.1, -0.05) is 15.9 Å². The molecule has 2 unspecified atom stereocenters. The number of piperazine rings is 1. The minimum atomic E-state index is -0.390. The van der Waals surface area contributed by atoms with Crippen LogP contribution in [0.25, 0.3) is 0 Å². The number of carbonyl (C=O) groups is 2. The number of pyridine rings is 1. The molecule has 2 fully saturated rings. The number of ether oxygens (including phenoxy) is 2. The van der Waals surface area contributed by atoms with E-state index in [2.05, 4.69) is 42.7 Å². The number of amides is 2. The molecule has 0 aromatic carbocycles. The summed E-state index contributed by atoms with van der Waals surface area (Å²) in [5, 5.41) is 8.85. The van der Waals surface area contributed by atoms with Crippen LogP contribution in [-0.4, -0.2) is 85.2 Å². The number of nitrogens with one attached hydrogen (secondary N) is 2. The maximum Gasteiger partial charge on any atom is 0.250 e. The van der Waals surface area contributed by atoms with Crippen LogP contribution in [-0.2, 0) is 19.1 Å². The van der Waals surface area contributed by atoms with Gasteiger partial charge in [0.1, 0.15) is 16.7 Å². The third kappa shape index (κ3) is 6.12. The Hall–Kier alpha value is -2.26. The standard InChI is InChI=1S/C19H25BrN6O4/c20-18-15(13-23-24-19(18)28)30-10-9-29-8-3-17(27)26-6-4-25(5-7-26)16-2-1-14(11-21)12-22-16/h1-2,12,15,18,23H,3-10,13H2,(H,24,28). The lowest BCUT2D eigenvalue weighted by Gasteiger charge is -2.35. The molecule has 3 rings (SSSR count). The van der Waals surface area contributed by atoms with Gasteiger partial charge in [0, 0.05) is 38.9 Å². The molecule has 30 heavy (non-hydrogen) atoms. The van der Waals surface area contributed by atoms with Crippen LogP contribution in [0.2, 0.25) is 0 Å². The van der Waals surface area contributed by atoms with Crippen LogP contribution in [0.3, 0.4) is 0 Å². The number of nitrogens with zero attached hydrogens (tertiary/aromatic N) is 4. The molecule has 0 saturated carbocycles. The number of carbonyl (C=O) groups excluding carboxylic acids is 2. The number of hydrogen-bond acceptors (Lipinski definition) is 8. The molecule has 2 saturated heterocycles. The molecule has 0 radical (unpaired) electrons. The van der Waals surface area contributed by atoms with Crippen LogP contribution >= 0.6 is 15.9 Å². The number of hydrazine groups is 1. The van der Waals surface area contributed by atoms with E-state index in [0.29, 0.717) is 64.5 Å². The van der Waals surface area contributed by atoms with Gasteiger partial charge >= 0.3 is 0 Å². The molecular formula is C19H25BrN6O4. The zero-order valence-electron chi connectivity index (χ0n) is 16.6. The van der Waals surface area contributed by atoms with Gasteiger partial charge in [-0.3, -0.25) is 15.0 Å². The highest BCUT2D eigenvalue weighted by molar-refractivity contribution is 9.10. The van der Waals surface area contributed by atoms with E-state index >= 15 is 0 Å². The second-order valence-corrected chi connectivity index (χ2v) is 7.91. The highest BCUT2D eigenvalue weighted by Gasteiger charge is 2.30. The van der Waals surface area contributed by atoms with E-state index in [0.717, 1.165) is 5.82 Å². The first-order valence-electron chi connectivity index (χ1n) is 9.83. The Balaban J connectivity index is 1.28. The molecule has 0 spiro atoms. The monoisotopic (exact) mass is 480 g/mol. The fourth-order valence-corrected chi connectivity index (χ4v) is 3.68. The summed E-state index contributed by atoms with van der Waals surface area (Å²) in [5.41, 5.74) is 5.83. The van der Waals surface area contributed by atoms with Crippen molar-refractivity contribution in [3.05, 3.63) is 23.9 Å². The van der Waals surface area contributed by atoms with Gasteiger partial charge in [-0.25, -0.2) is 10.4 Å². The Morgan fingerprint density at radius 2 is 2.07 bits per heavy atom. The summed E-state index contributed by atoms with van der Waals surface area (Å²) >= 11 is 3.30. The Kier molecular flexibility index (Phi) is 8.39. The van der Waals surface area contributed by atoms with Gasteiger partial charge in [-0.2, -0.15) is 5.26 Å². The first-order valence-corrected chi connectivity index (χ1v) is 10.7. The smallest absolute Gasteiger partial charge is 0.250 e. The molecule has 11 heteroatoms. The normalized spacial score (nSPS) is 21.8. The SMILES string of the molecule is N#Cc1ccc(N2CCN(C(=O)CCOCCOC3CNNC(=O)C3Br)CC2)nc1. The lowest BCUT2D eigenvalue weighted by molar-refractivity contribution is -0.133. The van der Waals surface area contributed by atoms with Crippen LogP contribution in [0.4, 0.5) is 5.82 Å². The molecule has 0 aliphatic carbocycles. The summed E-state index contributed by atoms with van der Waals surface area (Å²) in [6.07, 6.45) is 1.63. The first kappa shape index (κ1) is 22.4. The topological polar surface area (TPSA) is 120 Å². The average molecular weight is 481 g/mol. The molecule has 10 nitrogen and oxygen atoms in total. The van der Waals surface area contributed by atoms with Crippen molar-refractivity contribution >= 4 is 33.6 Å². The third-order valence-electron chi connectivity index (χ3n) is 4.94. The molecule has 1 aromatic rings. The van der Waals surface area contributed by atoms with E-state index in [9.17, 15) is 9.59 Å². The van der Waals surface area contributed by atoms with Crippen molar-refractivity contribution in [3.8, 4) is 6.07 Å². The number of aromatic nitrogens is 1. The van der Waals surface area contributed by atoms with Gasteiger partial charge in [-0.15, -0.1) is 0 Å². The number of halogens is 1. The van der Waals surface area contributed by atoms with Crippen LogP contribution < -0.4 is 15.8 Å². The predicted molar refractivity (Wildman–Crippen MR) is 112 cm³/mol. The van der Waals surface area contributed by atoms with E-state index in [1.165, 1.54) is 0 Å². The highest BCUT2D eigenvalue weighted by Crippen LogP contribution is 2.14. The number of alkyl halides is 1. The maximum absolute atomic E-state index is 12.4. The summed E-state index contributed by atoms with van der Waals surface area (Å²) in [6.45, 7) is 4.24. The van der Waals surface area contributed by atoms with Crippen molar-refractivity contribution in [3.63, 3.8) is 0 Å².